The number of halogens is 1. The van der Waals surface area contributed by atoms with E-state index >= 15 is 0 Å². The largest absolute Gasteiger partial charge is 0.488 e. The standard InChI is InChI=1S/C22H17BrN4O2/c23-18-10-17(19-11-21(28)26-22-24-13-25-27(19)22)7-8-20(18)29-12-14-5-6-15-3-1-2-4-16(15)9-14/h1-10,13,19H,11-12H2,(H,24,25,26,28)/t19-/m0/s1. The molecule has 0 aliphatic carbocycles. The Balaban J connectivity index is 1.35. The molecular formula is C22H17BrN4O2. The number of fused-ring (bicyclic) bond motifs is 2. The summed E-state index contributed by atoms with van der Waals surface area (Å²) in [6.45, 7) is 0.474. The van der Waals surface area contributed by atoms with Crippen LogP contribution in [0, 0.1) is 0 Å². The third-order valence-corrected chi connectivity index (χ3v) is 5.67. The van der Waals surface area contributed by atoms with Crippen LogP contribution in [0.2, 0.25) is 0 Å². The lowest BCUT2D eigenvalue weighted by molar-refractivity contribution is -0.117. The Morgan fingerprint density at radius 3 is 2.83 bits per heavy atom. The summed E-state index contributed by atoms with van der Waals surface area (Å²) in [5, 5.41) is 9.39. The number of nitrogens with one attached hydrogen (secondary N) is 1. The Morgan fingerprint density at radius 2 is 1.97 bits per heavy atom. The van der Waals surface area contributed by atoms with Crippen LogP contribution >= 0.6 is 15.9 Å². The van der Waals surface area contributed by atoms with Gasteiger partial charge in [0, 0.05) is 0 Å². The Kier molecular flexibility index (Phi) is 4.52. The number of rotatable bonds is 4. The molecule has 0 spiro atoms. The molecule has 0 saturated carbocycles. The number of amides is 1. The minimum Gasteiger partial charge on any atom is -0.488 e. The molecule has 2 heterocycles. The van der Waals surface area contributed by atoms with Gasteiger partial charge >= 0.3 is 0 Å². The van der Waals surface area contributed by atoms with E-state index in [9.17, 15) is 4.79 Å². The quantitative estimate of drug-likeness (QED) is 0.490. The normalized spacial score (nSPS) is 15.8. The van der Waals surface area contributed by atoms with Gasteiger partial charge in [0.2, 0.25) is 11.9 Å². The summed E-state index contributed by atoms with van der Waals surface area (Å²) < 4.78 is 8.60. The van der Waals surface area contributed by atoms with Crippen LogP contribution in [-0.2, 0) is 11.4 Å². The number of carbonyl (C=O) groups excluding carboxylic acids is 1. The fraction of sp³-hybridized carbons (Fsp3) is 0.136. The molecule has 1 aliphatic rings. The molecule has 0 fully saturated rings. The van der Waals surface area contributed by atoms with E-state index in [4.69, 9.17) is 4.74 Å². The molecular weight excluding hydrogens is 432 g/mol. The summed E-state index contributed by atoms with van der Waals surface area (Å²) in [6, 6.07) is 20.3. The zero-order chi connectivity index (χ0) is 19.8. The van der Waals surface area contributed by atoms with Gasteiger partial charge in [0.1, 0.15) is 18.7 Å². The van der Waals surface area contributed by atoms with Gasteiger partial charge in [0.15, 0.2) is 0 Å². The minimum absolute atomic E-state index is 0.0664. The minimum atomic E-state index is -0.188. The maximum atomic E-state index is 12.0. The molecule has 3 aromatic carbocycles. The fourth-order valence-electron chi connectivity index (χ4n) is 3.60. The zero-order valence-electron chi connectivity index (χ0n) is 15.4. The number of aromatic nitrogens is 3. The van der Waals surface area contributed by atoms with Gasteiger partial charge in [-0.1, -0.05) is 42.5 Å². The van der Waals surface area contributed by atoms with Crippen LogP contribution in [0.15, 0.2) is 71.5 Å². The molecule has 4 aromatic rings. The van der Waals surface area contributed by atoms with Crippen LogP contribution in [0.1, 0.15) is 23.6 Å². The number of hydrogen-bond acceptors (Lipinski definition) is 4. The summed E-state index contributed by atoms with van der Waals surface area (Å²) in [5.41, 5.74) is 2.08. The van der Waals surface area contributed by atoms with Gasteiger partial charge in [-0.25, -0.2) is 4.68 Å². The van der Waals surface area contributed by atoms with E-state index in [0.717, 1.165) is 21.3 Å². The second kappa shape index (κ2) is 7.33. The van der Waals surface area contributed by atoms with E-state index < -0.39 is 0 Å². The second-order valence-electron chi connectivity index (χ2n) is 6.96. The lowest BCUT2D eigenvalue weighted by atomic mass is 10.0. The SMILES string of the molecule is O=C1C[C@@H](c2ccc(OCc3ccc4ccccc4c3)c(Br)c2)n2ncnc2N1. The lowest BCUT2D eigenvalue weighted by Gasteiger charge is -2.24. The van der Waals surface area contributed by atoms with Crippen LogP contribution in [0.3, 0.4) is 0 Å². The molecule has 1 N–H and O–H groups in total. The van der Waals surface area contributed by atoms with Gasteiger partial charge in [-0.2, -0.15) is 10.1 Å². The molecule has 1 atom stereocenters. The van der Waals surface area contributed by atoms with Gasteiger partial charge in [-0.3, -0.25) is 10.1 Å². The molecule has 1 aromatic heterocycles. The topological polar surface area (TPSA) is 69.0 Å². The summed E-state index contributed by atoms with van der Waals surface area (Å²) >= 11 is 3.60. The Morgan fingerprint density at radius 1 is 1.10 bits per heavy atom. The lowest BCUT2D eigenvalue weighted by Crippen LogP contribution is -2.29. The van der Waals surface area contributed by atoms with E-state index in [0.29, 0.717) is 19.0 Å². The Bertz CT molecular complexity index is 1220. The highest BCUT2D eigenvalue weighted by atomic mass is 79.9. The van der Waals surface area contributed by atoms with E-state index in [2.05, 4.69) is 61.7 Å². The highest BCUT2D eigenvalue weighted by Crippen LogP contribution is 2.34. The van der Waals surface area contributed by atoms with Crippen molar-refractivity contribution >= 4 is 38.6 Å². The third-order valence-electron chi connectivity index (χ3n) is 5.05. The van der Waals surface area contributed by atoms with Crippen molar-refractivity contribution in [2.45, 2.75) is 19.1 Å². The van der Waals surface area contributed by atoms with Gasteiger partial charge in [0.05, 0.1) is 16.9 Å². The first-order chi connectivity index (χ1) is 14.2. The van der Waals surface area contributed by atoms with E-state index in [1.807, 2.05) is 30.3 Å². The predicted octanol–water partition coefficient (Wildman–Crippen LogP) is 4.70. The molecule has 0 radical (unpaired) electrons. The van der Waals surface area contributed by atoms with Gasteiger partial charge in [-0.15, -0.1) is 0 Å². The highest BCUT2D eigenvalue weighted by molar-refractivity contribution is 9.10. The van der Waals surface area contributed by atoms with E-state index in [1.54, 1.807) is 4.68 Å². The monoisotopic (exact) mass is 448 g/mol. The molecule has 1 aliphatic heterocycles. The first-order valence-corrected chi connectivity index (χ1v) is 10.1. The van der Waals surface area contributed by atoms with Crippen molar-refractivity contribution in [3.63, 3.8) is 0 Å². The first kappa shape index (κ1) is 17.9. The number of anilines is 1. The summed E-state index contributed by atoms with van der Waals surface area (Å²) in [7, 11) is 0. The van der Waals surface area contributed by atoms with Crippen molar-refractivity contribution in [2.75, 3.05) is 5.32 Å². The van der Waals surface area contributed by atoms with Crippen molar-refractivity contribution in [1.82, 2.24) is 14.8 Å². The van der Waals surface area contributed by atoms with Crippen molar-refractivity contribution in [1.29, 1.82) is 0 Å². The van der Waals surface area contributed by atoms with E-state index in [-0.39, 0.29) is 11.9 Å². The van der Waals surface area contributed by atoms with Crippen LogP contribution in [-0.4, -0.2) is 20.7 Å². The maximum Gasteiger partial charge on any atom is 0.229 e. The molecule has 7 heteroatoms. The second-order valence-corrected chi connectivity index (χ2v) is 7.81. The molecule has 29 heavy (non-hydrogen) atoms. The molecule has 0 unspecified atom stereocenters. The smallest absolute Gasteiger partial charge is 0.229 e. The van der Waals surface area contributed by atoms with Crippen molar-refractivity contribution in [2.24, 2.45) is 0 Å². The molecule has 6 nitrogen and oxygen atoms in total. The third kappa shape index (κ3) is 3.49. The highest BCUT2D eigenvalue weighted by Gasteiger charge is 2.28. The maximum absolute atomic E-state index is 12.0. The van der Waals surface area contributed by atoms with Crippen molar-refractivity contribution in [3.8, 4) is 5.75 Å². The summed E-state index contributed by atoms with van der Waals surface area (Å²) in [5.74, 6) is 1.16. The molecule has 5 rings (SSSR count). The fourth-order valence-corrected chi connectivity index (χ4v) is 4.11. The zero-order valence-corrected chi connectivity index (χ0v) is 17.0. The van der Waals surface area contributed by atoms with Crippen LogP contribution in [0.5, 0.6) is 5.75 Å². The Labute approximate surface area is 175 Å². The molecule has 0 saturated heterocycles. The summed E-state index contributed by atoms with van der Waals surface area (Å²) in [6.07, 6.45) is 1.77. The van der Waals surface area contributed by atoms with Crippen LogP contribution in [0.4, 0.5) is 5.95 Å². The van der Waals surface area contributed by atoms with Gasteiger partial charge in [-0.05, 0) is 56.0 Å². The van der Waals surface area contributed by atoms with Crippen molar-refractivity contribution in [3.05, 3.63) is 82.6 Å². The first-order valence-electron chi connectivity index (χ1n) is 9.27. The average molecular weight is 449 g/mol. The number of ether oxygens (including phenoxy) is 1. The summed E-state index contributed by atoms with van der Waals surface area (Å²) in [4.78, 5) is 16.1. The number of benzene rings is 3. The van der Waals surface area contributed by atoms with Gasteiger partial charge < -0.3 is 4.74 Å². The number of hydrogen-bond donors (Lipinski definition) is 1. The van der Waals surface area contributed by atoms with E-state index in [1.165, 1.54) is 17.1 Å². The molecule has 144 valence electrons. The van der Waals surface area contributed by atoms with Crippen LogP contribution < -0.4 is 10.1 Å². The number of nitrogens with zero attached hydrogens (tertiary/aromatic N) is 3. The number of carbonyl (C=O) groups is 1. The predicted molar refractivity (Wildman–Crippen MR) is 114 cm³/mol. The van der Waals surface area contributed by atoms with Crippen molar-refractivity contribution < 1.29 is 9.53 Å². The molecule has 1 amide bonds. The average Bonchev–Trinajstić information content (AvgIpc) is 3.20. The van der Waals surface area contributed by atoms with Crippen LogP contribution in [0.25, 0.3) is 10.8 Å². The molecule has 0 bridgehead atoms. The Hall–Kier alpha value is -3.19. The van der Waals surface area contributed by atoms with Gasteiger partial charge in [0.25, 0.3) is 0 Å².